The van der Waals surface area contributed by atoms with Crippen molar-refractivity contribution >= 4 is 21.6 Å². The fourth-order valence-corrected chi connectivity index (χ4v) is 4.40. The van der Waals surface area contributed by atoms with Crippen LogP contribution in [0.25, 0.3) is 0 Å². The van der Waals surface area contributed by atoms with Crippen LogP contribution in [-0.4, -0.2) is 61.5 Å². The lowest BCUT2D eigenvalue weighted by atomic mass is 10.2. The molecule has 2 rings (SSSR count). The zero-order valence-electron chi connectivity index (χ0n) is 9.44. The average molecular weight is 267 g/mol. The van der Waals surface area contributed by atoms with Crippen molar-refractivity contribution in [1.29, 1.82) is 0 Å². The molecule has 0 N–H and O–H groups in total. The van der Waals surface area contributed by atoms with Gasteiger partial charge in [-0.2, -0.15) is 4.31 Å². The maximum atomic E-state index is 12.0. The molecular weight excluding hydrogens is 248 g/mol. The summed E-state index contributed by atoms with van der Waals surface area (Å²) in [6, 6.07) is 0.458. The molecule has 0 aromatic carbocycles. The highest BCUT2D eigenvalue weighted by Crippen LogP contribution is 2.23. The Morgan fingerprint density at radius 1 is 1.25 bits per heavy atom. The summed E-state index contributed by atoms with van der Waals surface area (Å²) in [5.41, 5.74) is 0. The number of fused-ring (bicyclic) bond motifs is 1. The second-order valence-corrected chi connectivity index (χ2v) is 7.02. The van der Waals surface area contributed by atoms with Crippen molar-refractivity contribution in [3.8, 4) is 0 Å². The van der Waals surface area contributed by atoms with E-state index in [9.17, 15) is 8.42 Å². The molecule has 2 saturated heterocycles. The van der Waals surface area contributed by atoms with Gasteiger partial charge in [0, 0.05) is 31.6 Å². The summed E-state index contributed by atoms with van der Waals surface area (Å²) in [6.07, 6.45) is 2.90. The lowest BCUT2D eigenvalue weighted by Crippen LogP contribution is -2.52. The quantitative estimate of drug-likeness (QED) is 0.705. The predicted molar refractivity (Wildman–Crippen MR) is 65.3 cm³/mol. The van der Waals surface area contributed by atoms with Crippen molar-refractivity contribution in [3.63, 3.8) is 0 Å². The molecule has 0 amide bonds. The van der Waals surface area contributed by atoms with Gasteiger partial charge in [0.1, 0.15) is 0 Å². The molecule has 2 aliphatic heterocycles. The second-order valence-electron chi connectivity index (χ2n) is 4.55. The summed E-state index contributed by atoms with van der Waals surface area (Å²) in [7, 11) is -3.06. The molecule has 4 nitrogen and oxygen atoms in total. The molecule has 0 bridgehead atoms. The van der Waals surface area contributed by atoms with E-state index in [2.05, 4.69) is 4.90 Å². The normalized spacial score (nSPS) is 28.2. The number of alkyl halides is 1. The molecule has 1 unspecified atom stereocenters. The Balaban J connectivity index is 1.95. The van der Waals surface area contributed by atoms with Crippen LogP contribution in [0.1, 0.15) is 19.3 Å². The van der Waals surface area contributed by atoms with Crippen LogP contribution in [0, 0.1) is 0 Å². The first-order chi connectivity index (χ1) is 7.63. The van der Waals surface area contributed by atoms with Gasteiger partial charge in [-0.25, -0.2) is 8.42 Å². The fourth-order valence-electron chi connectivity index (χ4n) is 2.58. The predicted octanol–water partition coefficient (Wildman–Crippen LogP) is 0.725. The van der Waals surface area contributed by atoms with Crippen molar-refractivity contribution in [2.75, 3.05) is 37.8 Å². The van der Waals surface area contributed by atoms with E-state index in [-0.39, 0.29) is 5.75 Å². The molecule has 0 aromatic heterocycles. The Kier molecular flexibility index (Phi) is 4.11. The number of hydrogen-bond acceptors (Lipinski definition) is 3. The third kappa shape index (κ3) is 2.70. The number of rotatable bonds is 4. The number of halogens is 1. The molecule has 0 aliphatic carbocycles. The van der Waals surface area contributed by atoms with Gasteiger partial charge in [-0.15, -0.1) is 11.6 Å². The third-order valence-electron chi connectivity index (χ3n) is 3.48. The van der Waals surface area contributed by atoms with Gasteiger partial charge in [0.2, 0.25) is 10.0 Å². The van der Waals surface area contributed by atoms with Gasteiger partial charge in [0.25, 0.3) is 0 Å². The zero-order valence-corrected chi connectivity index (χ0v) is 11.0. The van der Waals surface area contributed by atoms with Gasteiger partial charge in [0.05, 0.1) is 5.75 Å². The molecule has 16 heavy (non-hydrogen) atoms. The topological polar surface area (TPSA) is 40.6 Å². The third-order valence-corrected chi connectivity index (χ3v) is 5.67. The van der Waals surface area contributed by atoms with Crippen molar-refractivity contribution < 1.29 is 8.42 Å². The standard InChI is InChI=1S/C10H19ClN2O2S/c11-4-2-8-16(14,15)13-7-6-12-5-1-3-10(12)9-13/h10H,1-9H2. The highest BCUT2D eigenvalue weighted by molar-refractivity contribution is 7.89. The molecule has 2 aliphatic rings. The van der Waals surface area contributed by atoms with Gasteiger partial charge < -0.3 is 0 Å². The summed E-state index contributed by atoms with van der Waals surface area (Å²) in [5.74, 6) is 0.617. The van der Waals surface area contributed by atoms with E-state index in [0.29, 0.717) is 31.4 Å². The summed E-state index contributed by atoms with van der Waals surface area (Å²) >= 11 is 5.54. The highest BCUT2D eigenvalue weighted by atomic mass is 35.5. The number of hydrogen-bond donors (Lipinski definition) is 0. The SMILES string of the molecule is O=S(=O)(CCCCl)N1CCN2CCCC2C1. The summed E-state index contributed by atoms with van der Waals surface area (Å²) in [4.78, 5) is 2.41. The van der Waals surface area contributed by atoms with E-state index < -0.39 is 10.0 Å². The molecule has 0 aromatic rings. The molecule has 94 valence electrons. The van der Waals surface area contributed by atoms with Crippen LogP contribution in [0.15, 0.2) is 0 Å². The smallest absolute Gasteiger partial charge is 0.214 e. The van der Waals surface area contributed by atoms with Crippen molar-refractivity contribution in [1.82, 2.24) is 9.21 Å². The van der Waals surface area contributed by atoms with Gasteiger partial charge in [-0.1, -0.05) is 0 Å². The Bertz CT molecular complexity index is 334. The Morgan fingerprint density at radius 2 is 2.06 bits per heavy atom. The summed E-state index contributed by atoms with van der Waals surface area (Å²) < 4.78 is 25.6. The van der Waals surface area contributed by atoms with Crippen molar-refractivity contribution in [2.24, 2.45) is 0 Å². The minimum absolute atomic E-state index is 0.198. The van der Waals surface area contributed by atoms with E-state index in [1.165, 1.54) is 6.42 Å². The van der Waals surface area contributed by atoms with Crippen LogP contribution in [0.2, 0.25) is 0 Å². The molecule has 1 atom stereocenters. The minimum Gasteiger partial charge on any atom is -0.298 e. The largest absolute Gasteiger partial charge is 0.298 e. The molecule has 0 spiro atoms. The highest BCUT2D eigenvalue weighted by Gasteiger charge is 2.35. The van der Waals surface area contributed by atoms with Gasteiger partial charge >= 0.3 is 0 Å². The monoisotopic (exact) mass is 266 g/mol. The Labute approximate surface area is 103 Å². The van der Waals surface area contributed by atoms with Crippen LogP contribution in [0.5, 0.6) is 0 Å². The zero-order chi connectivity index (χ0) is 11.6. The van der Waals surface area contributed by atoms with E-state index in [1.807, 2.05) is 0 Å². The Morgan fingerprint density at radius 3 is 2.81 bits per heavy atom. The van der Waals surface area contributed by atoms with Crippen LogP contribution in [0.4, 0.5) is 0 Å². The molecule has 0 saturated carbocycles. The number of nitrogens with zero attached hydrogens (tertiary/aromatic N) is 2. The van der Waals surface area contributed by atoms with E-state index >= 15 is 0 Å². The summed E-state index contributed by atoms with van der Waals surface area (Å²) in [5, 5.41) is 0. The van der Waals surface area contributed by atoms with Crippen LogP contribution in [0.3, 0.4) is 0 Å². The van der Waals surface area contributed by atoms with Gasteiger partial charge in [0.15, 0.2) is 0 Å². The van der Waals surface area contributed by atoms with E-state index in [4.69, 9.17) is 11.6 Å². The lowest BCUT2D eigenvalue weighted by Gasteiger charge is -2.36. The first-order valence-corrected chi connectivity index (χ1v) is 8.06. The first kappa shape index (κ1) is 12.6. The maximum Gasteiger partial charge on any atom is 0.214 e. The number of sulfonamides is 1. The molecule has 2 heterocycles. The van der Waals surface area contributed by atoms with Crippen molar-refractivity contribution in [3.05, 3.63) is 0 Å². The van der Waals surface area contributed by atoms with E-state index in [0.717, 1.165) is 19.5 Å². The molecule has 0 radical (unpaired) electrons. The summed E-state index contributed by atoms with van der Waals surface area (Å²) in [6.45, 7) is 3.37. The van der Waals surface area contributed by atoms with Gasteiger partial charge in [-0.05, 0) is 25.8 Å². The fraction of sp³-hybridized carbons (Fsp3) is 1.00. The molecular formula is C10H19ClN2O2S. The number of piperazine rings is 1. The molecule has 6 heteroatoms. The van der Waals surface area contributed by atoms with Gasteiger partial charge in [-0.3, -0.25) is 4.90 Å². The Hall–Kier alpha value is 0.160. The average Bonchev–Trinajstić information content (AvgIpc) is 2.73. The van der Waals surface area contributed by atoms with Crippen LogP contribution < -0.4 is 0 Å². The van der Waals surface area contributed by atoms with Crippen LogP contribution in [-0.2, 0) is 10.0 Å². The minimum atomic E-state index is -3.06. The molecule has 2 fully saturated rings. The maximum absolute atomic E-state index is 12.0. The van der Waals surface area contributed by atoms with Crippen LogP contribution >= 0.6 is 11.6 Å². The van der Waals surface area contributed by atoms with Crippen molar-refractivity contribution in [2.45, 2.75) is 25.3 Å². The second kappa shape index (κ2) is 5.21. The van der Waals surface area contributed by atoms with E-state index in [1.54, 1.807) is 4.31 Å². The lowest BCUT2D eigenvalue weighted by molar-refractivity contribution is 0.158. The first-order valence-electron chi connectivity index (χ1n) is 5.91.